The predicted octanol–water partition coefficient (Wildman–Crippen LogP) is 1.28. The third-order valence-electron chi connectivity index (χ3n) is 4.69. The smallest absolute Gasteiger partial charge is 0.123 e. The molecule has 3 unspecified atom stereocenters. The molecule has 2 fully saturated rings. The van der Waals surface area contributed by atoms with Crippen LogP contribution in [0.5, 0.6) is 5.75 Å². The number of nitrogens with one attached hydrogen (secondary N) is 1. The highest BCUT2D eigenvalue weighted by atomic mass is 19.1. The van der Waals surface area contributed by atoms with Gasteiger partial charge in [0.25, 0.3) is 0 Å². The number of hydrogen-bond acceptors (Lipinski definition) is 3. The summed E-state index contributed by atoms with van der Waals surface area (Å²) >= 11 is 0. The molecule has 3 atom stereocenters. The summed E-state index contributed by atoms with van der Waals surface area (Å²) in [4.78, 5) is 2.52. The standard InChI is InChI=1S/C15H19FN2O/c16-13-1-2-15-10(3-13)4-14(19-15)9-18-7-11-5-17-6-12(11)8-18/h1-3,11-12,14,17H,4-9H2. The zero-order chi connectivity index (χ0) is 12.8. The number of rotatable bonds is 2. The Morgan fingerprint density at radius 3 is 2.84 bits per heavy atom. The molecule has 0 saturated carbocycles. The lowest BCUT2D eigenvalue weighted by Crippen LogP contribution is -2.35. The van der Waals surface area contributed by atoms with Gasteiger partial charge in [0, 0.05) is 31.6 Å². The van der Waals surface area contributed by atoms with E-state index in [4.69, 9.17) is 4.74 Å². The number of ether oxygens (including phenoxy) is 1. The Morgan fingerprint density at radius 2 is 2.05 bits per heavy atom. The van der Waals surface area contributed by atoms with Crippen molar-refractivity contribution in [2.75, 3.05) is 32.7 Å². The van der Waals surface area contributed by atoms with E-state index in [1.54, 1.807) is 12.1 Å². The summed E-state index contributed by atoms with van der Waals surface area (Å²) in [6.07, 6.45) is 1.04. The highest BCUT2D eigenvalue weighted by Crippen LogP contribution is 2.31. The fraction of sp³-hybridized carbons (Fsp3) is 0.600. The van der Waals surface area contributed by atoms with Crippen LogP contribution in [0.15, 0.2) is 18.2 Å². The lowest BCUT2D eigenvalue weighted by atomic mass is 10.0. The minimum Gasteiger partial charge on any atom is -0.488 e. The second kappa shape index (κ2) is 4.46. The predicted molar refractivity (Wildman–Crippen MR) is 70.8 cm³/mol. The molecular formula is C15H19FN2O. The molecule has 3 nitrogen and oxygen atoms in total. The van der Waals surface area contributed by atoms with Gasteiger partial charge in [0.2, 0.25) is 0 Å². The van der Waals surface area contributed by atoms with Crippen LogP contribution in [-0.2, 0) is 6.42 Å². The van der Waals surface area contributed by atoms with E-state index in [9.17, 15) is 4.39 Å². The van der Waals surface area contributed by atoms with Crippen molar-refractivity contribution >= 4 is 0 Å². The maximum atomic E-state index is 13.2. The van der Waals surface area contributed by atoms with Crippen molar-refractivity contribution in [1.82, 2.24) is 10.2 Å². The van der Waals surface area contributed by atoms with E-state index in [2.05, 4.69) is 10.2 Å². The van der Waals surface area contributed by atoms with Crippen molar-refractivity contribution in [2.45, 2.75) is 12.5 Å². The summed E-state index contributed by atoms with van der Waals surface area (Å²) in [6, 6.07) is 4.85. The Hall–Kier alpha value is -1.13. The van der Waals surface area contributed by atoms with Gasteiger partial charge in [-0.2, -0.15) is 0 Å². The third-order valence-corrected chi connectivity index (χ3v) is 4.69. The Labute approximate surface area is 112 Å². The molecule has 2 saturated heterocycles. The van der Waals surface area contributed by atoms with Gasteiger partial charge in [0.15, 0.2) is 0 Å². The van der Waals surface area contributed by atoms with E-state index < -0.39 is 0 Å². The maximum absolute atomic E-state index is 13.2. The molecule has 0 bridgehead atoms. The van der Waals surface area contributed by atoms with Crippen molar-refractivity contribution in [3.8, 4) is 5.75 Å². The van der Waals surface area contributed by atoms with E-state index in [-0.39, 0.29) is 11.9 Å². The molecule has 0 radical (unpaired) electrons. The first kappa shape index (κ1) is 11.7. The summed E-state index contributed by atoms with van der Waals surface area (Å²) < 4.78 is 19.1. The lowest BCUT2D eigenvalue weighted by molar-refractivity contribution is 0.162. The van der Waals surface area contributed by atoms with Crippen molar-refractivity contribution in [1.29, 1.82) is 0 Å². The lowest BCUT2D eigenvalue weighted by Gasteiger charge is -2.21. The van der Waals surface area contributed by atoms with Gasteiger partial charge in [-0.15, -0.1) is 0 Å². The van der Waals surface area contributed by atoms with Crippen LogP contribution in [0.3, 0.4) is 0 Å². The number of halogens is 1. The molecule has 1 N–H and O–H groups in total. The molecule has 1 aromatic carbocycles. The highest BCUT2D eigenvalue weighted by Gasteiger charge is 2.37. The molecule has 0 spiro atoms. The Kier molecular flexibility index (Phi) is 2.74. The summed E-state index contributed by atoms with van der Waals surface area (Å²) in [7, 11) is 0. The van der Waals surface area contributed by atoms with Crippen LogP contribution in [-0.4, -0.2) is 43.7 Å². The van der Waals surface area contributed by atoms with Crippen molar-refractivity contribution in [2.24, 2.45) is 11.8 Å². The molecule has 0 amide bonds. The zero-order valence-corrected chi connectivity index (χ0v) is 10.9. The summed E-state index contributed by atoms with van der Waals surface area (Å²) in [5.41, 5.74) is 1.02. The molecule has 3 aliphatic heterocycles. The van der Waals surface area contributed by atoms with E-state index in [1.807, 2.05) is 0 Å². The second-order valence-corrected chi connectivity index (χ2v) is 6.09. The normalized spacial score (nSPS) is 33.2. The SMILES string of the molecule is Fc1ccc2c(c1)CC(CN1CC3CNCC3C1)O2. The second-order valence-electron chi connectivity index (χ2n) is 6.09. The molecule has 4 rings (SSSR count). The van der Waals surface area contributed by atoms with Gasteiger partial charge >= 0.3 is 0 Å². The average Bonchev–Trinajstić information content (AvgIpc) is 3.01. The number of likely N-dealkylation sites (tertiary alicyclic amines) is 1. The Bertz CT molecular complexity index is 481. The Balaban J connectivity index is 1.38. The molecule has 4 heteroatoms. The zero-order valence-electron chi connectivity index (χ0n) is 10.9. The first-order valence-electron chi connectivity index (χ1n) is 7.16. The average molecular weight is 262 g/mol. The summed E-state index contributed by atoms with van der Waals surface area (Å²) in [6.45, 7) is 5.67. The van der Waals surface area contributed by atoms with Crippen LogP contribution < -0.4 is 10.1 Å². The van der Waals surface area contributed by atoms with Gasteiger partial charge in [0.05, 0.1) is 0 Å². The van der Waals surface area contributed by atoms with E-state index in [0.717, 1.165) is 49.2 Å². The quantitative estimate of drug-likeness (QED) is 0.869. The van der Waals surface area contributed by atoms with Crippen LogP contribution in [0.25, 0.3) is 0 Å². The first-order valence-corrected chi connectivity index (χ1v) is 7.16. The maximum Gasteiger partial charge on any atom is 0.123 e. The molecule has 19 heavy (non-hydrogen) atoms. The summed E-state index contributed by atoms with van der Waals surface area (Å²) in [5, 5.41) is 3.46. The molecule has 0 aromatic heterocycles. The van der Waals surface area contributed by atoms with Gasteiger partial charge in [0.1, 0.15) is 17.7 Å². The van der Waals surface area contributed by atoms with Crippen LogP contribution in [0, 0.1) is 17.7 Å². The van der Waals surface area contributed by atoms with Gasteiger partial charge in [-0.05, 0) is 43.1 Å². The van der Waals surface area contributed by atoms with Gasteiger partial charge in [-0.1, -0.05) is 0 Å². The fourth-order valence-corrected chi connectivity index (χ4v) is 3.78. The van der Waals surface area contributed by atoms with Crippen LogP contribution >= 0.6 is 0 Å². The van der Waals surface area contributed by atoms with Crippen LogP contribution in [0.1, 0.15) is 5.56 Å². The fourth-order valence-electron chi connectivity index (χ4n) is 3.78. The summed E-state index contributed by atoms with van der Waals surface area (Å²) in [5.74, 6) is 2.35. The number of hydrogen-bond donors (Lipinski definition) is 1. The van der Waals surface area contributed by atoms with Gasteiger partial charge in [-0.3, -0.25) is 4.90 Å². The third kappa shape index (κ3) is 2.13. The number of benzene rings is 1. The molecular weight excluding hydrogens is 243 g/mol. The van der Waals surface area contributed by atoms with Gasteiger partial charge in [-0.25, -0.2) is 4.39 Å². The largest absolute Gasteiger partial charge is 0.488 e. The first-order chi connectivity index (χ1) is 9.28. The van der Waals surface area contributed by atoms with Crippen molar-refractivity contribution in [3.05, 3.63) is 29.6 Å². The molecule has 3 heterocycles. The topological polar surface area (TPSA) is 24.5 Å². The molecule has 102 valence electrons. The minimum atomic E-state index is -0.162. The van der Waals surface area contributed by atoms with Crippen LogP contribution in [0.4, 0.5) is 4.39 Å². The molecule has 3 aliphatic rings. The molecule has 1 aromatic rings. The Morgan fingerprint density at radius 1 is 1.26 bits per heavy atom. The number of fused-ring (bicyclic) bond motifs is 2. The van der Waals surface area contributed by atoms with E-state index in [0.29, 0.717) is 0 Å². The van der Waals surface area contributed by atoms with E-state index in [1.165, 1.54) is 19.2 Å². The van der Waals surface area contributed by atoms with Crippen LogP contribution in [0.2, 0.25) is 0 Å². The molecule has 0 aliphatic carbocycles. The van der Waals surface area contributed by atoms with Gasteiger partial charge < -0.3 is 10.1 Å². The highest BCUT2D eigenvalue weighted by molar-refractivity contribution is 5.37. The van der Waals surface area contributed by atoms with Crippen molar-refractivity contribution in [3.63, 3.8) is 0 Å². The number of nitrogens with zero attached hydrogens (tertiary/aromatic N) is 1. The minimum absolute atomic E-state index is 0.162. The monoisotopic (exact) mass is 262 g/mol. The van der Waals surface area contributed by atoms with E-state index >= 15 is 0 Å². The van der Waals surface area contributed by atoms with Crippen molar-refractivity contribution < 1.29 is 9.13 Å².